The fourth-order valence-electron chi connectivity index (χ4n) is 3.41. The van der Waals surface area contributed by atoms with Gasteiger partial charge >= 0.3 is 12.0 Å². The molecule has 1 saturated heterocycles. The van der Waals surface area contributed by atoms with Gasteiger partial charge in [-0.25, -0.2) is 18.0 Å². The maximum absolute atomic E-state index is 12.9. The van der Waals surface area contributed by atoms with Gasteiger partial charge in [0.1, 0.15) is 0 Å². The number of hydrogen-bond acceptors (Lipinski definition) is 6. The molecular weight excluding hydrogens is 410 g/mol. The van der Waals surface area contributed by atoms with Crippen LogP contribution in [0.2, 0.25) is 0 Å². The molecule has 1 aromatic carbocycles. The molecule has 2 rings (SSSR count). The molecular formula is C20H29N3O6S. The number of ether oxygens (including phenoxy) is 1. The molecule has 0 radical (unpaired) electrons. The summed E-state index contributed by atoms with van der Waals surface area (Å²) in [7, 11) is -3.65. The van der Waals surface area contributed by atoms with Crippen LogP contribution >= 0.6 is 0 Å². The predicted molar refractivity (Wildman–Crippen MR) is 110 cm³/mol. The molecule has 1 fully saturated rings. The third-order valence-corrected chi connectivity index (χ3v) is 6.64. The molecule has 2 N–H and O–H groups in total. The molecule has 1 aromatic rings. The van der Waals surface area contributed by atoms with Crippen molar-refractivity contribution >= 4 is 27.9 Å². The number of carbonyl (C=O) groups excluding carboxylic acids is 3. The summed E-state index contributed by atoms with van der Waals surface area (Å²) in [4.78, 5) is 35.6. The number of imide groups is 1. The van der Waals surface area contributed by atoms with Crippen LogP contribution in [0.3, 0.4) is 0 Å². The standard InChI is InChI=1S/C20H29N3O6S/c1-5-21-20(26)22-18(24)15(4)29-19(25)16-6-8-17(9-7-16)30(27,28)23-11-13(2)10-14(3)12-23/h6-9,13-15H,5,10-12H2,1-4H3,(H2,21,22,24,26)/t13-,14+,15-/m0/s1. The van der Waals surface area contributed by atoms with Crippen molar-refractivity contribution in [3.8, 4) is 0 Å². The molecule has 3 atom stereocenters. The van der Waals surface area contributed by atoms with Crippen LogP contribution in [0, 0.1) is 11.8 Å². The number of sulfonamides is 1. The summed E-state index contributed by atoms with van der Waals surface area (Å²) >= 11 is 0. The summed E-state index contributed by atoms with van der Waals surface area (Å²) in [6.45, 7) is 8.37. The maximum atomic E-state index is 12.9. The van der Waals surface area contributed by atoms with Crippen LogP contribution in [0.4, 0.5) is 4.79 Å². The number of amides is 3. The van der Waals surface area contributed by atoms with E-state index in [9.17, 15) is 22.8 Å². The van der Waals surface area contributed by atoms with Crippen molar-refractivity contribution in [2.24, 2.45) is 11.8 Å². The fourth-order valence-corrected chi connectivity index (χ4v) is 5.09. The first-order chi connectivity index (χ1) is 14.0. The normalized spacial score (nSPS) is 20.8. The third kappa shape index (κ3) is 6.02. The smallest absolute Gasteiger partial charge is 0.338 e. The molecule has 0 bridgehead atoms. The molecule has 0 saturated carbocycles. The number of benzene rings is 1. The first-order valence-electron chi connectivity index (χ1n) is 9.94. The van der Waals surface area contributed by atoms with Gasteiger partial charge in [-0.05, 0) is 56.4 Å². The lowest BCUT2D eigenvalue weighted by molar-refractivity contribution is -0.127. The molecule has 166 valence electrons. The number of hydrogen-bond donors (Lipinski definition) is 2. The molecule has 30 heavy (non-hydrogen) atoms. The quantitative estimate of drug-likeness (QED) is 0.651. The van der Waals surface area contributed by atoms with E-state index >= 15 is 0 Å². The van der Waals surface area contributed by atoms with Gasteiger partial charge in [0.15, 0.2) is 6.10 Å². The molecule has 1 heterocycles. The zero-order valence-electron chi connectivity index (χ0n) is 17.7. The molecule has 0 aromatic heterocycles. The van der Waals surface area contributed by atoms with Crippen molar-refractivity contribution in [1.29, 1.82) is 0 Å². The van der Waals surface area contributed by atoms with E-state index in [1.54, 1.807) is 6.92 Å². The summed E-state index contributed by atoms with van der Waals surface area (Å²) in [5, 5.41) is 4.46. The van der Waals surface area contributed by atoms with Gasteiger partial charge in [-0.2, -0.15) is 4.31 Å². The Balaban J connectivity index is 2.03. The fraction of sp³-hybridized carbons (Fsp3) is 0.550. The van der Waals surface area contributed by atoms with Gasteiger partial charge in [-0.15, -0.1) is 0 Å². The molecule has 0 unspecified atom stereocenters. The maximum Gasteiger partial charge on any atom is 0.338 e. The van der Waals surface area contributed by atoms with Gasteiger partial charge in [0.2, 0.25) is 10.0 Å². The summed E-state index contributed by atoms with van der Waals surface area (Å²) in [5.41, 5.74) is 0.104. The Morgan fingerprint density at radius 2 is 1.70 bits per heavy atom. The van der Waals surface area contributed by atoms with E-state index in [1.165, 1.54) is 35.5 Å². The highest BCUT2D eigenvalue weighted by Crippen LogP contribution is 2.26. The first-order valence-corrected chi connectivity index (χ1v) is 11.4. The zero-order valence-corrected chi connectivity index (χ0v) is 18.5. The Morgan fingerprint density at radius 3 is 2.23 bits per heavy atom. The average molecular weight is 440 g/mol. The van der Waals surface area contributed by atoms with Crippen molar-refractivity contribution in [1.82, 2.24) is 14.9 Å². The average Bonchev–Trinajstić information content (AvgIpc) is 2.67. The largest absolute Gasteiger partial charge is 0.449 e. The van der Waals surface area contributed by atoms with Crippen molar-refractivity contribution in [3.05, 3.63) is 29.8 Å². The summed E-state index contributed by atoms with van der Waals surface area (Å²) in [5.74, 6) is -0.991. The molecule has 1 aliphatic heterocycles. The lowest BCUT2D eigenvalue weighted by Gasteiger charge is -2.34. The highest BCUT2D eigenvalue weighted by molar-refractivity contribution is 7.89. The van der Waals surface area contributed by atoms with E-state index in [-0.39, 0.29) is 22.3 Å². The molecule has 0 aliphatic carbocycles. The number of piperidine rings is 1. The van der Waals surface area contributed by atoms with Gasteiger partial charge in [-0.1, -0.05) is 13.8 Å². The van der Waals surface area contributed by atoms with Gasteiger partial charge in [0.25, 0.3) is 5.91 Å². The molecule has 3 amide bonds. The molecule has 1 aliphatic rings. The molecule has 10 heteroatoms. The zero-order chi connectivity index (χ0) is 22.5. The Morgan fingerprint density at radius 1 is 1.13 bits per heavy atom. The second kappa shape index (κ2) is 10.0. The van der Waals surface area contributed by atoms with Crippen LogP contribution in [-0.2, 0) is 19.6 Å². The minimum Gasteiger partial charge on any atom is -0.449 e. The Hall–Kier alpha value is -2.46. The number of carbonyl (C=O) groups is 3. The SMILES string of the molecule is CCNC(=O)NC(=O)[C@H](C)OC(=O)c1ccc(S(=O)(=O)N2C[C@H](C)C[C@H](C)C2)cc1. The second-order valence-electron chi connectivity index (χ2n) is 7.69. The number of esters is 1. The summed E-state index contributed by atoms with van der Waals surface area (Å²) in [6, 6.07) is 4.73. The van der Waals surface area contributed by atoms with Crippen LogP contribution in [0.15, 0.2) is 29.2 Å². The van der Waals surface area contributed by atoms with Crippen molar-refractivity contribution in [2.45, 2.75) is 45.1 Å². The van der Waals surface area contributed by atoms with E-state index in [0.29, 0.717) is 19.6 Å². The number of urea groups is 1. The highest BCUT2D eigenvalue weighted by atomic mass is 32.2. The minimum absolute atomic E-state index is 0.0994. The number of rotatable bonds is 6. The van der Waals surface area contributed by atoms with E-state index in [2.05, 4.69) is 10.6 Å². The van der Waals surface area contributed by atoms with Gasteiger partial charge in [0.05, 0.1) is 10.5 Å². The monoisotopic (exact) mass is 439 g/mol. The number of nitrogens with one attached hydrogen (secondary N) is 2. The van der Waals surface area contributed by atoms with E-state index in [0.717, 1.165) is 6.42 Å². The van der Waals surface area contributed by atoms with E-state index in [1.807, 2.05) is 13.8 Å². The van der Waals surface area contributed by atoms with Crippen LogP contribution < -0.4 is 10.6 Å². The van der Waals surface area contributed by atoms with Crippen molar-refractivity contribution in [2.75, 3.05) is 19.6 Å². The van der Waals surface area contributed by atoms with E-state index in [4.69, 9.17) is 4.74 Å². The van der Waals surface area contributed by atoms with Gasteiger partial charge < -0.3 is 10.1 Å². The van der Waals surface area contributed by atoms with Crippen LogP contribution in [0.25, 0.3) is 0 Å². The van der Waals surface area contributed by atoms with Crippen LogP contribution in [-0.4, -0.2) is 56.4 Å². The molecule has 9 nitrogen and oxygen atoms in total. The molecule has 0 spiro atoms. The Kier molecular flexibility index (Phi) is 7.96. The highest BCUT2D eigenvalue weighted by Gasteiger charge is 2.31. The third-order valence-electron chi connectivity index (χ3n) is 4.79. The van der Waals surface area contributed by atoms with E-state index < -0.39 is 34.0 Å². The Bertz CT molecular complexity index is 874. The van der Waals surface area contributed by atoms with Crippen molar-refractivity contribution < 1.29 is 27.5 Å². The second-order valence-corrected chi connectivity index (χ2v) is 9.63. The van der Waals surface area contributed by atoms with Crippen LogP contribution in [0.5, 0.6) is 0 Å². The Labute approximate surface area is 177 Å². The van der Waals surface area contributed by atoms with Gasteiger partial charge in [0, 0.05) is 19.6 Å². The first kappa shape index (κ1) is 23.8. The summed E-state index contributed by atoms with van der Waals surface area (Å²) < 4.78 is 32.3. The minimum atomic E-state index is -3.65. The lowest BCUT2D eigenvalue weighted by atomic mass is 9.94. The topological polar surface area (TPSA) is 122 Å². The number of nitrogens with zero attached hydrogens (tertiary/aromatic N) is 1. The predicted octanol–water partition coefficient (Wildman–Crippen LogP) is 1.74. The van der Waals surface area contributed by atoms with Gasteiger partial charge in [-0.3, -0.25) is 10.1 Å². The van der Waals surface area contributed by atoms with Crippen molar-refractivity contribution in [3.63, 3.8) is 0 Å². The summed E-state index contributed by atoms with van der Waals surface area (Å²) in [6.07, 6.45) is -0.206. The van der Waals surface area contributed by atoms with Crippen LogP contribution in [0.1, 0.15) is 44.5 Å². The lowest BCUT2D eigenvalue weighted by Crippen LogP contribution is -2.44.